The van der Waals surface area contributed by atoms with Gasteiger partial charge in [-0.2, -0.15) is 13.2 Å². The van der Waals surface area contributed by atoms with E-state index in [1.165, 1.54) is 18.2 Å². The maximum absolute atomic E-state index is 12.9. The molecule has 0 radical (unpaired) electrons. The van der Waals surface area contributed by atoms with Gasteiger partial charge in [0.2, 0.25) is 0 Å². The molecule has 0 fully saturated rings. The quantitative estimate of drug-likeness (QED) is 0.633. The number of hydrogen-bond acceptors (Lipinski definition) is 2. The monoisotopic (exact) mass is 265 g/mol. The number of benzene rings is 1. The van der Waals surface area contributed by atoms with Crippen LogP contribution >= 0.6 is 0 Å². The van der Waals surface area contributed by atoms with E-state index >= 15 is 0 Å². The molecule has 0 saturated heterocycles. The van der Waals surface area contributed by atoms with Gasteiger partial charge in [-0.3, -0.25) is 0 Å². The van der Waals surface area contributed by atoms with E-state index in [-0.39, 0.29) is 19.6 Å². The molecule has 0 saturated carbocycles. The second kappa shape index (κ2) is 6.70. The molecule has 0 aliphatic heterocycles. The molecule has 1 aromatic rings. The number of rotatable bonds is 6. The summed E-state index contributed by atoms with van der Waals surface area (Å²) in [6.07, 6.45) is -5.13. The van der Waals surface area contributed by atoms with E-state index in [1.54, 1.807) is 6.07 Å². The van der Waals surface area contributed by atoms with Crippen molar-refractivity contribution >= 4 is 0 Å². The molecule has 0 heterocycles. The highest BCUT2D eigenvalue weighted by Crippen LogP contribution is 2.21. The highest BCUT2D eigenvalue weighted by molar-refractivity contribution is 5.19. The van der Waals surface area contributed by atoms with E-state index in [9.17, 15) is 17.6 Å². The van der Waals surface area contributed by atoms with Crippen LogP contribution < -0.4 is 5.73 Å². The van der Waals surface area contributed by atoms with Crippen molar-refractivity contribution in [2.24, 2.45) is 5.73 Å². The first-order chi connectivity index (χ1) is 8.38. The minimum atomic E-state index is -4.16. The zero-order chi connectivity index (χ0) is 13.6. The molecule has 102 valence electrons. The van der Waals surface area contributed by atoms with E-state index in [4.69, 9.17) is 10.5 Å². The van der Waals surface area contributed by atoms with Gasteiger partial charge in [0.25, 0.3) is 0 Å². The van der Waals surface area contributed by atoms with Crippen LogP contribution in [0, 0.1) is 5.82 Å². The maximum Gasteiger partial charge on any atom is 0.389 e. The molecule has 18 heavy (non-hydrogen) atoms. The standard InChI is InChI=1S/C12H15F4NO/c13-10-4-1-3-9(7-10)11(17)8-18-6-2-5-12(14,15)16/h1,3-4,7,11H,2,5-6,8,17H2. The van der Waals surface area contributed by atoms with Gasteiger partial charge in [-0.1, -0.05) is 12.1 Å². The van der Waals surface area contributed by atoms with Crippen molar-refractivity contribution in [2.75, 3.05) is 13.2 Å². The maximum atomic E-state index is 12.9. The molecule has 1 unspecified atom stereocenters. The lowest BCUT2D eigenvalue weighted by molar-refractivity contribution is -0.137. The Kier molecular flexibility index (Phi) is 5.55. The summed E-state index contributed by atoms with van der Waals surface area (Å²) in [5.74, 6) is -0.403. The fraction of sp³-hybridized carbons (Fsp3) is 0.500. The minimum Gasteiger partial charge on any atom is -0.379 e. The zero-order valence-corrected chi connectivity index (χ0v) is 9.71. The van der Waals surface area contributed by atoms with Gasteiger partial charge in [-0.25, -0.2) is 4.39 Å². The van der Waals surface area contributed by atoms with Crippen LogP contribution in [0.1, 0.15) is 24.4 Å². The summed E-state index contributed by atoms with van der Waals surface area (Å²) in [5, 5.41) is 0. The SMILES string of the molecule is NC(COCCCC(F)(F)F)c1cccc(F)c1. The Hall–Kier alpha value is -1.14. The Labute approximate surface area is 103 Å². The number of alkyl halides is 3. The van der Waals surface area contributed by atoms with E-state index in [0.29, 0.717) is 5.56 Å². The first-order valence-electron chi connectivity index (χ1n) is 5.54. The van der Waals surface area contributed by atoms with Crippen molar-refractivity contribution in [3.8, 4) is 0 Å². The van der Waals surface area contributed by atoms with Crippen molar-refractivity contribution in [2.45, 2.75) is 25.1 Å². The Morgan fingerprint density at radius 2 is 2.00 bits per heavy atom. The number of ether oxygens (including phenoxy) is 1. The average Bonchev–Trinajstić information content (AvgIpc) is 2.26. The van der Waals surface area contributed by atoms with Crippen LogP contribution in [0.5, 0.6) is 0 Å². The molecular formula is C12H15F4NO. The molecule has 0 bridgehead atoms. The molecule has 0 aliphatic carbocycles. The molecule has 1 aromatic carbocycles. The summed E-state index contributed by atoms with van der Waals surface area (Å²) in [7, 11) is 0. The summed E-state index contributed by atoms with van der Waals surface area (Å²) in [4.78, 5) is 0. The van der Waals surface area contributed by atoms with Gasteiger partial charge in [-0.15, -0.1) is 0 Å². The predicted octanol–water partition coefficient (Wildman–Crippen LogP) is 3.18. The van der Waals surface area contributed by atoms with Crippen LogP contribution in [-0.4, -0.2) is 19.4 Å². The average molecular weight is 265 g/mol. The molecule has 1 atom stereocenters. The van der Waals surface area contributed by atoms with Gasteiger partial charge in [0.05, 0.1) is 12.6 Å². The lowest BCUT2D eigenvalue weighted by Crippen LogP contribution is -2.18. The molecule has 0 amide bonds. The van der Waals surface area contributed by atoms with Gasteiger partial charge in [-0.05, 0) is 24.1 Å². The molecule has 6 heteroatoms. The molecule has 0 spiro atoms. The highest BCUT2D eigenvalue weighted by Gasteiger charge is 2.25. The number of hydrogen-bond donors (Lipinski definition) is 1. The summed E-state index contributed by atoms with van der Waals surface area (Å²) in [5.41, 5.74) is 6.28. The van der Waals surface area contributed by atoms with Crippen molar-refractivity contribution in [3.63, 3.8) is 0 Å². The third-order valence-electron chi connectivity index (χ3n) is 2.32. The van der Waals surface area contributed by atoms with E-state index in [1.807, 2.05) is 0 Å². The normalized spacial score (nSPS) is 13.6. The van der Waals surface area contributed by atoms with E-state index in [0.717, 1.165) is 0 Å². The number of halogens is 4. The lowest BCUT2D eigenvalue weighted by atomic mass is 10.1. The van der Waals surface area contributed by atoms with Gasteiger partial charge in [0, 0.05) is 13.0 Å². The Balaban J connectivity index is 2.23. The topological polar surface area (TPSA) is 35.2 Å². The van der Waals surface area contributed by atoms with Crippen molar-refractivity contribution in [1.82, 2.24) is 0 Å². The second-order valence-electron chi connectivity index (χ2n) is 3.96. The third-order valence-corrected chi connectivity index (χ3v) is 2.32. The van der Waals surface area contributed by atoms with E-state index < -0.39 is 24.5 Å². The molecule has 0 aromatic heterocycles. The minimum absolute atomic E-state index is 0.0114. The Morgan fingerprint density at radius 3 is 2.61 bits per heavy atom. The van der Waals surface area contributed by atoms with Crippen molar-refractivity contribution in [3.05, 3.63) is 35.6 Å². The first kappa shape index (κ1) is 14.9. The fourth-order valence-electron chi connectivity index (χ4n) is 1.42. The zero-order valence-electron chi connectivity index (χ0n) is 9.71. The third kappa shape index (κ3) is 5.97. The van der Waals surface area contributed by atoms with Crippen molar-refractivity contribution in [1.29, 1.82) is 0 Å². The van der Waals surface area contributed by atoms with Crippen LogP contribution in [0.2, 0.25) is 0 Å². The smallest absolute Gasteiger partial charge is 0.379 e. The van der Waals surface area contributed by atoms with Gasteiger partial charge < -0.3 is 10.5 Å². The Bertz CT molecular complexity index is 367. The summed E-state index contributed by atoms with van der Waals surface area (Å²) in [6, 6.07) is 5.21. The van der Waals surface area contributed by atoms with Crippen LogP contribution in [0.4, 0.5) is 17.6 Å². The van der Waals surface area contributed by atoms with Crippen LogP contribution in [0.25, 0.3) is 0 Å². The fourth-order valence-corrected chi connectivity index (χ4v) is 1.42. The molecule has 2 nitrogen and oxygen atoms in total. The number of nitrogens with two attached hydrogens (primary N) is 1. The summed E-state index contributed by atoms with van der Waals surface area (Å²) < 4.78 is 53.4. The second-order valence-corrected chi connectivity index (χ2v) is 3.96. The molecule has 2 N–H and O–H groups in total. The van der Waals surface area contributed by atoms with Crippen LogP contribution in [0.3, 0.4) is 0 Å². The summed E-state index contributed by atoms with van der Waals surface area (Å²) in [6.45, 7) is 0.0594. The van der Waals surface area contributed by atoms with Gasteiger partial charge in [0.15, 0.2) is 0 Å². The van der Waals surface area contributed by atoms with E-state index in [2.05, 4.69) is 0 Å². The lowest BCUT2D eigenvalue weighted by Gasteiger charge is -2.13. The Morgan fingerprint density at radius 1 is 1.28 bits per heavy atom. The molecule has 1 rings (SSSR count). The van der Waals surface area contributed by atoms with Crippen molar-refractivity contribution < 1.29 is 22.3 Å². The molecular weight excluding hydrogens is 250 g/mol. The summed E-state index contributed by atoms with van der Waals surface area (Å²) >= 11 is 0. The first-order valence-corrected chi connectivity index (χ1v) is 5.54. The predicted molar refractivity (Wildman–Crippen MR) is 59.4 cm³/mol. The largest absolute Gasteiger partial charge is 0.389 e. The molecule has 0 aliphatic rings. The van der Waals surface area contributed by atoms with Crippen LogP contribution in [-0.2, 0) is 4.74 Å². The van der Waals surface area contributed by atoms with Crippen LogP contribution in [0.15, 0.2) is 24.3 Å². The highest BCUT2D eigenvalue weighted by atomic mass is 19.4. The van der Waals surface area contributed by atoms with Gasteiger partial charge >= 0.3 is 6.18 Å². The van der Waals surface area contributed by atoms with Gasteiger partial charge in [0.1, 0.15) is 5.82 Å².